The van der Waals surface area contributed by atoms with Crippen LogP contribution in [-0.4, -0.2) is 53.9 Å². The van der Waals surface area contributed by atoms with Crippen LogP contribution in [0.4, 0.5) is 5.69 Å². The predicted octanol–water partition coefficient (Wildman–Crippen LogP) is 0.830. The lowest BCUT2D eigenvalue weighted by molar-refractivity contribution is 0.0657. The van der Waals surface area contributed by atoms with Crippen LogP contribution in [0, 0.1) is 0 Å². The predicted molar refractivity (Wildman–Crippen MR) is 71.3 cm³/mol. The molecule has 18 heavy (non-hydrogen) atoms. The van der Waals surface area contributed by atoms with Crippen LogP contribution in [0.5, 0.6) is 0 Å². The highest BCUT2D eigenvalue weighted by Gasteiger charge is 2.24. The first kappa shape index (κ1) is 12.8. The van der Waals surface area contributed by atoms with Gasteiger partial charge in [0.1, 0.15) is 5.69 Å². The van der Waals surface area contributed by atoms with E-state index in [9.17, 15) is 4.79 Å². The summed E-state index contributed by atoms with van der Waals surface area (Å²) in [7, 11) is 4.17. The Kier molecular flexibility index (Phi) is 3.81. The maximum absolute atomic E-state index is 12.2. The third-order valence-corrected chi connectivity index (χ3v) is 3.49. The first-order valence-electron chi connectivity index (χ1n) is 6.25. The molecular formula is C13H20N4O. The highest BCUT2D eigenvalue weighted by molar-refractivity contribution is 5.92. The van der Waals surface area contributed by atoms with Crippen LogP contribution in [0.3, 0.4) is 0 Å². The third-order valence-electron chi connectivity index (χ3n) is 3.49. The highest BCUT2D eigenvalue weighted by atomic mass is 16.2. The van der Waals surface area contributed by atoms with Gasteiger partial charge in [0.05, 0.1) is 11.9 Å². The van der Waals surface area contributed by atoms with Gasteiger partial charge in [-0.3, -0.25) is 4.79 Å². The van der Waals surface area contributed by atoms with Crippen LogP contribution in [0.25, 0.3) is 0 Å². The van der Waals surface area contributed by atoms with E-state index in [0.717, 1.165) is 25.9 Å². The van der Waals surface area contributed by atoms with Crippen molar-refractivity contribution in [3.05, 3.63) is 24.0 Å². The number of nitrogens with zero attached hydrogens (tertiary/aromatic N) is 3. The van der Waals surface area contributed by atoms with Gasteiger partial charge in [0.15, 0.2) is 0 Å². The molecule has 1 aromatic rings. The van der Waals surface area contributed by atoms with Crippen LogP contribution in [-0.2, 0) is 0 Å². The molecule has 1 aliphatic rings. The molecule has 1 fully saturated rings. The topological polar surface area (TPSA) is 62.5 Å². The van der Waals surface area contributed by atoms with E-state index in [4.69, 9.17) is 5.73 Å². The third kappa shape index (κ3) is 2.79. The summed E-state index contributed by atoms with van der Waals surface area (Å²) < 4.78 is 0. The van der Waals surface area contributed by atoms with E-state index in [1.165, 1.54) is 6.20 Å². The van der Waals surface area contributed by atoms with Crippen molar-refractivity contribution in [2.45, 2.75) is 18.9 Å². The quantitative estimate of drug-likeness (QED) is 0.842. The minimum atomic E-state index is 0.00667. The summed E-state index contributed by atoms with van der Waals surface area (Å²) in [6, 6.07) is 3.98. The summed E-state index contributed by atoms with van der Waals surface area (Å²) in [5.74, 6) is 0.00667. The number of aromatic nitrogens is 1. The molecule has 98 valence electrons. The molecule has 2 rings (SSSR count). The number of hydrogen-bond donors (Lipinski definition) is 1. The van der Waals surface area contributed by atoms with Crippen molar-refractivity contribution in [2.24, 2.45) is 0 Å². The molecule has 1 saturated heterocycles. The van der Waals surface area contributed by atoms with E-state index < -0.39 is 0 Å². The summed E-state index contributed by atoms with van der Waals surface area (Å²) in [6.45, 7) is 1.60. The molecule has 1 amide bonds. The van der Waals surface area contributed by atoms with E-state index in [2.05, 4.69) is 24.0 Å². The summed E-state index contributed by atoms with van der Waals surface area (Å²) in [5.41, 5.74) is 6.62. The maximum Gasteiger partial charge on any atom is 0.272 e. The molecule has 0 spiro atoms. The molecule has 0 aliphatic carbocycles. The molecule has 0 unspecified atom stereocenters. The molecule has 0 bridgehead atoms. The summed E-state index contributed by atoms with van der Waals surface area (Å²) in [6.07, 6.45) is 3.57. The van der Waals surface area contributed by atoms with Crippen molar-refractivity contribution in [1.29, 1.82) is 0 Å². The minimum absolute atomic E-state index is 0.00667. The number of likely N-dealkylation sites (tertiary alicyclic amines) is 1. The van der Waals surface area contributed by atoms with Gasteiger partial charge in [0.2, 0.25) is 0 Å². The minimum Gasteiger partial charge on any atom is -0.397 e. The van der Waals surface area contributed by atoms with Gasteiger partial charge in [-0.05, 0) is 39.1 Å². The first-order valence-corrected chi connectivity index (χ1v) is 6.25. The second-order valence-electron chi connectivity index (χ2n) is 4.96. The number of amides is 1. The van der Waals surface area contributed by atoms with Crippen LogP contribution < -0.4 is 5.73 Å². The van der Waals surface area contributed by atoms with Crippen molar-refractivity contribution >= 4 is 11.6 Å². The fraction of sp³-hybridized carbons (Fsp3) is 0.538. The lowest BCUT2D eigenvalue weighted by Crippen LogP contribution is -2.44. The molecule has 5 nitrogen and oxygen atoms in total. The van der Waals surface area contributed by atoms with Crippen LogP contribution in [0.2, 0.25) is 0 Å². The fourth-order valence-corrected chi connectivity index (χ4v) is 2.28. The molecule has 5 heteroatoms. The number of nitrogen functional groups attached to an aromatic ring is 1. The second kappa shape index (κ2) is 5.35. The first-order chi connectivity index (χ1) is 8.58. The number of anilines is 1. The summed E-state index contributed by atoms with van der Waals surface area (Å²) in [4.78, 5) is 20.4. The van der Waals surface area contributed by atoms with Gasteiger partial charge in [0, 0.05) is 19.1 Å². The summed E-state index contributed by atoms with van der Waals surface area (Å²) in [5, 5.41) is 0. The molecule has 1 aliphatic heterocycles. The molecule has 0 atom stereocenters. The SMILES string of the molecule is CN(C)C1CCN(C(=O)c2ccc(N)cn2)CC1. The smallest absolute Gasteiger partial charge is 0.272 e. The molecule has 2 N–H and O–H groups in total. The second-order valence-corrected chi connectivity index (χ2v) is 4.96. The number of rotatable bonds is 2. The van der Waals surface area contributed by atoms with Crippen LogP contribution in [0.15, 0.2) is 18.3 Å². The van der Waals surface area contributed by atoms with Crippen LogP contribution in [0.1, 0.15) is 23.3 Å². The van der Waals surface area contributed by atoms with Gasteiger partial charge < -0.3 is 15.5 Å². The average molecular weight is 248 g/mol. The molecular weight excluding hydrogens is 228 g/mol. The van der Waals surface area contributed by atoms with Crippen LogP contribution >= 0.6 is 0 Å². The van der Waals surface area contributed by atoms with Crippen molar-refractivity contribution in [3.63, 3.8) is 0 Å². The monoisotopic (exact) mass is 248 g/mol. The Bertz CT molecular complexity index is 408. The van der Waals surface area contributed by atoms with E-state index in [1.54, 1.807) is 12.1 Å². The largest absolute Gasteiger partial charge is 0.397 e. The Morgan fingerprint density at radius 1 is 1.39 bits per heavy atom. The lowest BCUT2D eigenvalue weighted by atomic mass is 10.0. The average Bonchev–Trinajstić information content (AvgIpc) is 2.39. The van der Waals surface area contributed by atoms with E-state index in [1.807, 2.05) is 4.90 Å². The maximum atomic E-state index is 12.2. The zero-order valence-corrected chi connectivity index (χ0v) is 11.0. The Balaban J connectivity index is 1.97. The van der Waals surface area contributed by atoms with Gasteiger partial charge in [-0.15, -0.1) is 0 Å². The van der Waals surface area contributed by atoms with E-state index in [-0.39, 0.29) is 5.91 Å². The molecule has 2 heterocycles. The normalized spacial score (nSPS) is 17.2. The zero-order chi connectivity index (χ0) is 13.1. The van der Waals surface area contributed by atoms with Crippen molar-refractivity contribution in [2.75, 3.05) is 32.9 Å². The van der Waals surface area contributed by atoms with Gasteiger partial charge in [-0.2, -0.15) is 0 Å². The Labute approximate surface area is 108 Å². The Hall–Kier alpha value is -1.62. The standard InChI is InChI=1S/C13H20N4O/c1-16(2)11-5-7-17(8-6-11)13(18)12-4-3-10(14)9-15-12/h3-4,9,11H,5-8,14H2,1-2H3. The van der Waals surface area contributed by atoms with Crippen molar-refractivity contribution in [3.8, 4) is 0 Å². The number of pyridine rings is 1. The molecule has 0 radical (unpaired) electrons. The number of carbonyl (C=O) groups is 1. The van der Waals surface area contributed by atoms with E-state index >= 15 is 0 Å². The summed E-state index contributed by atoms with van der Waals surface area (Å²) >= 11 is 0. The number of nitrogens with two attached hydrogens (primary N) is 1. The van der Waals surface area contributed by atoms with Gasteiger partial charge >= 0.3 is 0 Å². The van der Waals surface area contributed by atoms with Gasteiger partial charge in [-0.1, -0.05) is 0 Å². The highest BCUT2D eigenvalue weighted by Crippen LogP contribution is 2.16. The van der Waals surface area contributed by atoms with Gasteiger partial charge in [0.25, 0.3) is 5.91 Å². The molecule has 0 saturated carbocycles. The van der Waals surface area contributed by atoms with Gasteiger partial charge in [-0.25, -0.2) is 4.98 Å². The number of piperidine rings is 1. The fourth-order valence-electron chi connectivity index (χ4n) is 2.28. The number of carbonyl (C=O) groups excluding carboxylic acids is 1. The number of hydrogen-bond acceptors (Lipinski definition) is 4. The van der Waals surface area contributed by atoms with E-state index in [0.29, 0.717) is 17.4 Å². The Morgan fingerprint density at radius 3 is 2.56 bits per heavy atom. The lowest BCUT2D eigenvalue weighted by Gasteiger charge is -2.35. The molecule has 0 aromatic carbocycles. The van der Waals surface area contributed by atoms with Crippen molar-refractivity contribution in [1.82, 2.24) is 14.8 Å². The molecule has 1 aromatic heterocycles. The Morgan fingerprint density at radius 2 is 2.06 bits per heavy atom. The zero-order valence-electron chi connectivity index (χ0n) is 11.0. The van der Waals surface area contributed by atoms with Crippen molar-refractivity contribution < 1.29 is 4.79 Å².